The predicted octanol–water partition coefficient (Wildman–Crippen LogP) is 3.79. The Balaban J connectivity index is 2.64. The number of aliphatic carboxylic acids is 1. The Kier molecular flexibility index (Phi) is 6.42. The third-order valence-electron chi connectivity index (χ3n) is 4.35. The van der Waals surface area contributed by atoms with Crippen LogP contribution in [0.5, 0.6) is 0 Å². The molecular weight excluding hydrogens is 350 g/mol. The highest BCUT2D eigenvalue weighted by atomic mass is 32.2. The van der Waals surface area contributed by atoms with E-state index in [-0.39, 0.29) is 17.9 Å². The normalized spacial score (nSPS) is 11.3. The van der Waals surface area contributed by atoms with Crippen molar-refractivity contribution in [1.82, 2.24) is 0 Å². The number of rotatable bonds is 8. The molecule has 0 unspecified atom stereocenters. The van der Waals surface area contributed by atoms with Crippen LogP contribution in [0.1, 0.15) is 37.0 Å². The summed E-state index contributed by atoms with van der Waals surface area (Å²) in [4.78, 5) is 11.3. The molecule has 0 aliphatic rings. The van der Waals surface area contributed by atoms with Gasteiger partial charge in [-0.1, -0.05) is 49.7 Å². The molecule has 0 spiro atoms. The van der Waals surface area contributed by atoms with Gasteiger partial charge in [-0.3, -0.25) is 9.10 Å². The van der Waals surface area contributed by atoms with Gasteiger partial charge < -0.3 is 5.11 Å². The highest BCUT2D eigenvalue weighted by Crippen LogP contribution is 2.32. The Morgan fingerprint density at radius 1 is 1.00 bits per heavy atom. The molecule has 6 heteroatoms. The van der Waals surface area contributed by atoms with E-state index in [4.69, 9.17) is 5.11 Å². The van der Waals surface area contributed by atoms with E-state index in [1.54, 1.807) is 24.3 Å². The molecule has 0 atom stereocenters. The lowest BCUT2D eigenvalue weighted by Crippen LogP contribution is -2.34. The first kappa shape index (κ1) is 20.0. The first-order valence-corrected chi connectivity index (χ1v) is 10.2. The third-order valence-corrected chi connectivity index (χ3v) is 6.17. The first-order valence-electron chi connectivity index (χ1n) is 8.73. The van der Waals surface area contributed by atoms with E-state index in [2.05, 4.69) is 0 Å². The molecule has 0 fully saturated rings. The average Bonchev–Trinajstić information content (AvgIpc) is 2.61. The number of anilines is 1. The lowest BCUT2D eigenvalue weighted by atomic mass is 10.0. The van der Waals surface area contributed by atoms with Crippen LogP contribution in [0.15, 0.2) is 47.4 Å². The van der Waals surface area contributed by atoms with Crippen molar-refractivity contribution < 1.29 is 18.3 Å². The number of carboxylic acids is 1. The van der Waals surface area contributed by atoms with Crippen molar-refractivity contribution >= 4 is 21.7 Å². The van der Waals surface area contributed by atoms with Crippen LogP contribution in [0, 0.1) is 6.92 Å². The fourth-order valence-corrected chi connectivity index (χ4v) is 4.46. The van der Waals surface area contributed by atoms with Crippen molar-refractivity contribution in [3.05, 3.63) is 59.2 Å². The molecule has 0 amide bonds. The van der Waals surface area contributed by atoms with E-state index in [1.807, 2.05) is 39.0 Å². The predicted molar refractivity (Wildman–Crippen MR) is 103 cm³/mol. The summed E-state index contributed by atoms with van der Waals surface area (Å²) >= 11 is 0. The van der Waals surface area contributed by atoms with E-state index in [1.165, 1.54) is 4.31 Å². The van der Waals surface area contributed by atoms with Gasteiger partial charge in [-0.2, -0.15) is 0 Å². The Labute approximate surface area is 155 Å². The van der Waals surface area contributed by atoms with Gasteiger partial charge in [0.1, 0.15) is 0 Å². The second-order valence-corrected chi connectivity index (χ2v) is 8.03. The summed E-state index contributed by atoms with van der Waals surface area (Å²) in [6, 6.07) is 12.3. The fourth-order valence-electron chi connectivity index (χ4n) is 2.92. The molecule has 0 saturated carbocycles. The molecule has 0 aliphatic carbocycles. The topological polar surface area (TPSA) is 74.7 Å². The van der Waals surface area contributed by atoms with E-state index < -0.39 is 16.0 Å². The van der Waals surface area contributed by atoms with E-state index in [9.17, 15) is 13.2 Å². The van der Waals surface area contributed by atoms with Crippen molar-refractivity contribution in [2.24, 2.45) is 0 Å². The molecule has 1 N–H and O–H groups in total. The summed E-state index contributed by atoms with van der Waals surface area (Å²) in [5.41, 5.74) is 3.36. The second kappa shape index (κ2) is 8.36. The molecule has 0 radical (unpaired) electrons. The Bertz CT molecular complexity index is 851. The molecule has 2 aromatic carbocycles. The van der Waals surface area contributed by atoms with Crippen LogP contribution in [-0.4, -0.2) is 26.0 Å². The smallest absolute Gasteiger partial charge is 0.305 e. The van der Waals surface area contributed by atoms with E-state index in [0.717, 1.165) is 16.7 Å². The van der Waals surface area contributed by atoms with Crippen molar-refractivity contribution in [3.63, 3.8) is 0 Å². The molecule has 140 valence electrons. The van der Waals surface area contributed by atoms with Gasteiger partial charge in [0.25, 0.3) is 10.0 Å². The lowest BCUT2D eigenvalue weighted by Gasteiger charge is -2.28. The monoisotopic (exact) mass is 375 g/mol. The highest BCUT2D eigenvalue weighted by molar-refractivity contribution is 7.92. The summed E-state index contributed by atoms with van der Waals surface area (Å²) in [5, 5.41) is 9.11. The molecule has 2 aromatic rings. The molecule has 0 bridgehead atoms. The standard InChI is InChI=1S/C20H25NO4S/c1-4-16-7-6-8-17(5-2)20(16)21(14-13-19(22)23)26(24,25)18-11-9-15(3)10-12-18/h6-12H,4-5,13-14H2,1-3H3,(H,22,23). The van der Waals surface area contributed by atoms with Gasteiger partial charge in [0, 0.05) is 6.54 Å². The Morgan fingerprint density at radius 2 is 1.54 bits per heavy atom. The summed E-state index contributed by atoms with van der Waals surface area (Å²) in [5.74, 6) is -1.03. The zero-order valence-electron chi connectivity index (χ0n) is 15.4. The maximum atomic E-state index is 13.3. The molecule has 0 aliphatic heterocycles. The van der Waals surface area contributed by atoms with Gasteiger partial charge in [-0.25, -0.2) is 8.42 Å². The number of carbonyl (C=O) groups is 1. The quantitative estimate of drug-likeness (QED) is 0.762. The van der Waals surface area contributed by atoms with Crippen molar-refractivity contribution in [1.29, 1.82) is 0 Å². The van der Waals surface area contributed by atoms with E-state index in [0.29, 0.717) is 18.5 Å². The van der Waals surface area contributed by atoms with Crippen LogP contribution >= 0.6 is 0 Å². The van der Waals surface area contributed by atoms with Crippen LogP contribution in [0.4, 0.5) is 5.69 Å². The van der Waals surface area contributed by atoms with Crippen LogP contribution < -0.4 is 4.31 Å². The summed E-state index contributed by atoms with van der Waals surface area (Å²) in [7, 11) is -3.86. The number of hydrogen-bond acceptors (Lipinski definition) is 3. The number of hydrogen-bond donors (Lipinski definition) is 1. The minimum Gasteiger partial charge on any atom is -0.481 e. The van der Waals surface area contributed by atoms with Gasteiger partial charge >= 0.3 is 5.97 Å². The van der Waals surface area contributed by atoms with Gasteiger partial charge in [0.2, 0.25) is 0 Å². The number of benzene rings is 2. The summed E-state index contributed by atoms with van der Waals surface area (Å²) < 4.78 is 27.9. The Hall–Kier alpha value is -2.34. The number of aryl methyl sites for hydroxylation is 3. The zero-order chi connectivity index (χ0) is 19.3. The van der Waals surface area contributed by atoms with Gasteiger partial charge in [0.15, 0.2) is 0 Å². The maximum absolute atomic E-state index is 13.3. The fraction of sp³-hybridized carbons (Fsp3) is 0.350. The number of carboxylic acid groups (broad SMARTS) is 1. The molecule has 0 saturated heterocycles. The second-order valence-electron chi connectivity index (χ2n) is 6.17. The molecule has 5 nitrogen and oxygen atoms in total. The maximum Gasteiger partial charge on any atom is 0.305 e. The van der Waals surface area contributed by atoms with E-state index >= 15 is 0 Å². The molecular formula is C20H25NO4S. The SMILES string of the molecule is CCc1cccc(CC)c1N(CCC(=O)O)S(=O)(=O)c1ccc(C)cc1. The largest absolute Gasteiger partial charge is 0.481 e. The third kappa shape index (κ3) is 4.25. The zero-order valence-corrected chi connectivity index (χ0v) is 16.2. The average molecular weight is 375 g/mol. The first-order chi connectivity index (χ1) is 12.3. The van der Waals surface area contributed by atoms with Gasteiger partial charge in [-0.15, -0.1) is 0 Å². The minimum absolute atomic E-state index is 0.102. The minimum atomic E-state index is -3.86. The van der Waals surface area contributed by atoms with Crippen LogP contribution in [0.25, 0.3) is 0 Å². The Morgan fingerprint density at radius 3 is 2.00 bits per heavy atom. The molecule has 0 heterocycles. The molecule has 2 rings (SSSR count). The van der Waals surface area contributed by atoms with Crippen LogP contribution in [0.3, 0.4) is 0 Å². The van der Waals surface area contributed by atoms with Gasteiger partial charge in [0.05, 0.1) is 17.0 Å². The molecule has 0 aromatic heterocycles. The van der Waals surface area contributed by atoms with Crippen molar-refractivity contribution in [2.45, 2.75) is 44.9 Å². The van der Waals surface area contributed by atoms with Crippen molar-refractivity contribution in [3.8, 4) is 0 Å². The number of nitrogens with zero attached hydrogens (tertiary/aromatic N) is 1. The lowest BCUT2D eigenvalue weighted by molar-refractivity contribution is -0.136. The van der Waals surface area contributed by atoms with Crippen LogP contribution in [0.2, 0.25) is 0 Å². The highest BCUT2D eigenvalue weighted by Gasteiger charge is 2.28. The summed E-state index contributed by atoms with van der Waals surface area (Å²) in [6.45, 7) is 5.72. The van der Waals surface area contributed by atoms with Gasteiger partial charge in [-0.05, 0) is 43.0 Å². The molecule has 26 heavy (non-hydrogen) atoms. The number of sulfonamides is 1. The summed E-state index contributed by atoms with van der Waals surface area (Å²) in [6.07, 6.45) is 1.07. The van der Waals surface area contributed by atoms with Crippen molar-refractivity contribution in [2.75, 3.05) is 10.8 Å². The number of para-hydroxylation sites is 1. The van der Waals surface area contributed by atoms with Crippen LogP contribution in [-0.2, 0) is 27.7 Å².